The van der Waals surface area contributed by atoms with Crippen molar-refractivity contribution in [3.63, 3.8) is 0 Å². The van der Waals surface area contributed by atoms with Crippen LogP contribution in [0.25, 0.3) is 0 Å². The summed E-state index contributed by atoms with van der Waals surface area (Å²) in [5, 5.41) is 3.34. The minimum Gasteiger partial charge on any atom is -0.465 e. The third-order valence-electron chi connectivity index (χ3n) is 3.51. The van der Waals surface area contributed by atoms with E-state index in [0.717, 1.165) is 17.9 Å². The molecule has 2 nitrogen and oxygen atoms in total. The highest BCUT2D eigenvalue weighted by Gasteiger charge is 2.15. The topological polar surface area (TPSA) is 25.2 Å². The average Bonchev–Trinajstić information content (AvgIpc) is 2.76. The van der Waals surface area contributed by atoms with Gasteiger partial charge in [-0.1, -0.05) is 18.2 Å². The van der Waals surface area contributed by atoms with E-state index in [2.05, 4.69) is 43.4 Å². The van der Waals surface area contributed by atoms with Crippen molar-refractivity contribution >= 4 is 0 Å². The summed E-state index contributed by atoms with van der Waals surface area (Å²) < 4.78 is 5.73. The molecule has 0 aliphatic carbocycles. The third-order valence-corrected chi connectivity index (χ3v) is 3.51. The van der Waals surface area contributed by atoms with Crippen molar-refractivity contribution in [1.29, 1.82) is 0 Å². The van der Waals surface area contributed by atoms with E-state index in [4.69, 9.17) is 4.42 Å². The zero-order valence-electron chi connectivity index (χ0n) is 11.6. The lowest BCUT2D eigenvalue weighted by Gasteiger charge is -2.17. The second-order valence-electron chi connectivity index (χ2n) is 4.86. The normalized spacial score (nSPS) is 12.7. The van der Waals surface area contributed by atoms with Crippen LogP contribution in [0.4, 0.5) is 0 Å². The minimum absolute atomic E-state index is 0.235. The molecule has 2 rings (SSSR count). The Bertz CT molecular complexity index is 507. The third kappa shape index (κ3) is 2.65. The van der Waals surface area contributed by atoms with Crippen LogP contribution < -0.4 is 5.32 Å². The zero-order chi connectivity index (χ0) is 13.1. The Morgan fingerprint density at radius 3 is 2.22 bits per heavy atom. The second kappa shape index (κ2) is 5.40. The van der Waals surface area contributed by atoms with Crippen LogP contribution in [0.1, 0.15) is 34.3 Å². The lowest BCUT2D eigenvalue weighted by Crippen LogP contribution is -2.19. The first kappa shape index (κ1) is 12.9. The molecule has 1 heterocycles. The Morgan fingerprint density at radius 2 is 1.72 bits per heavy atom. The zero-order valence-corrected chi connectivity index (χ0v) is 11.6. The van der Waals surface area contributed by atoms with Crippen LogP contribution >= 0.6 is 0 Å². The molecule has 0 spiro atoms. The minimum atomic E-state index is 0.235. The molecule has 0 bridgehead atoms. The molecule has 1 atom stereocenters. The van der Waals surface area contributed by atoms with Crippen LogP contribution in [0.3, 0.4) is 0 Å². The van der Waals surface area contributed by atoms with Gasteiger partial charge in [-0.05, 0) is 63.1 Å². The van der Waals surface area contributed by atoms with Gasteiger partial charge in [-0.25, -0.2) is 0 Å². The van der Waals surface area contributed by atoms with Gasteiger partial charge in [0.15, 0.2) is 0 Å². The van der Waals surface area contributed by atoms with Crippen molar-refractivity contribution in [2.45, 2.75) is 33.2 Å². The molecule has 2 heteroatoms. The van der Waals surface area contributed by atoms with Gasteiger partial charge in [0.2, 0.25) is 0 Å². The van der Waals surface area contributed by atoms with Crippen LogP contribution in [0.15, 0.2) is 34.7 Å². The molecule has 18 heavy (non-hydrogen) atoms. The molecule has 0 amide bonds. The van der Waals surface area contributed by atoms with Gasteiger partial charge >= 0.3 is 0 Å². The fourth-order valence-electron chi connectivity index (χ4n) is 2.36. The highest BCUT2D eigenvalue weighted by Crippen LogP contribution is 2.24. The molecule has 0 aliphatic rings. The number of rotatable bonds is 4. The van der Waals surface area contributed by atoms with E-state index in [1.165, 1.54) is 16.7 Å². The summed E-state index contributed by atoms with van der Waals surface area (Å²) in [6, 6.07) is 10.8. The lowest BCUT2D eigenvalue weighted by molar-refractivity contribution is 0.414. The largest absolute Gasteiger partial charge is 0.465 e. The van der Waals surface area contributed by atoms with E-state index in [1.54, 1.807) is 0 Å². The first-order valence-corrected chi connectivity index (χ1v) is 6.40. The van der Waals surface area contributed by atoms with E-state index in [-0.39, 0.29) is 6.04 Å². The maximum Gasteiger partial charge on any atom is 0.121 e. The summed E-state index contributed by atoms with van der Waals surface area (Å²) in [6.07, 6.45) is 0.960. The fourth-order valence-corrected chi connectivity index (χ4v) is 2.36. The first-order chi connectivity index (χ1) is 8.61. The van der Waals surface area contributed by atoms with Gasteiger partial charge in [-0.2, -0.15) is 0 Å². The molecule has 0 fully saturated rings. The maximum atomic E-state index is 5.73. The number of nitrogens with one attached hydrogen (secondary N) is 1. The monoisotopic (exact) mass is 243 g/mol. The number of likely N-dealkylation sites (N-methyl/N-ethyl adjacent to an activating group) is 1. The predicted molar refractivity (Wildman–Crippen MR) is 74.9 cm³/mol. The van der Waals surface area contributed by atoms with Crippen LogP contribution in [-0.2, 0) is 6.42 Å². The van der Waals surface area contributed by atoms with Gasteiger partial charge < -0.3 is 9.73 Å². The van der Waals surface area contributed by atoms with Gasteiger partial charge in [-0.15, -0.1) is 0 Å². The Morgan fingerprint density at radius 1 is 1.06 bits per heavy atom. The van der Waals surface area contributed by atoms with E-state index < -0.39 is 0 Å². The Balaban J connectivity index is 2.26. The Kier molecular flexibility index (Phi) is 3.87. The predicted octanol–water partition coefficient (Wildman–Crippen LogP) is 3.71. The van der Waals surface area contributed by atoms with Gasteiger partial charge in [0, 0.05) is 0 Å². The van der Waals surface area contributed by atoms with Crippen molar-refractivity contribution in [3.05, 3.63) is 58.5 Å². The number of furan rings is 1. The van der Waals surface area contributed by atoms with Crippen LogP contribution in [0.5, 0.6) is 0 Å². The van der Waals surface area contributed by atoms with Gasteiger partial charge in [0.05, 0.1) is 6.04 Å². The highest BCUT2D eigenvalue weighted by molar-refractivity contribution is 5.34. The summed E-state index contributed by atoms with van der Waals surface area (Å²) in [5.74, 6) is 1.98. The van der Waals surface area contributed by atoms with E-state index in [0.29, 0.717) is 0 Å². The molecule has 2 aromatic rings. The van der Waals surface area contributed by atoms with Crippen molar-refractivity contribution in [2.75, 3.05) is 7.05 Å². The Labute approximate surface area is 109 Å². The smallest absolute Gasteiger partial charge is 0.121 e. The van der Waals surface area contributed by atoms with Crippen LogP contribution in [0.2, 0.25) is 0 Å². The van der Waals surface area contributed by atoms with Crippen LogP contribution in [0, 0.1) is 20.8 Å². The first-order valence-electron chi connectivity index (χ1n) is 6.40. The number of benzene rings is 1. The molecule has 96 valence electrons. The molecule has 1 aromatic heterocycles. The Hall–Kier alpha value is -1.54. The van der Waals surface area contributed by atoms with Crippen molar-refractivity contribution in [1.82, 2.24) is 5.32 Å². The molecule has 0 saturated carbocycles. The molecule has 1 N–H and O–H groups in total. The standard InChI is InChI=1S/C16H21NO/c1-11-6-5-7-12(2)14(11)10-15(17-4)16-9-8-13(3)18-16/h5-9,15,17H,10H2,1-4H3. The highest BCUT2D eigenvalue weighted by atomic mass is 16.3. The van der Waals surface area contributed by atoms with Crippen molar-refractivity contribution < 1.29 is 4.42 Å². The van der Waals surface area contributed by atoms with E-state index >= 15 is 0 Å². The molecule has 1 unspecified atom stereocenters. The summed E-state index contributed by atoms with van der Waals surface area (Å²) in [4.78, 5) is 0. The van der Waals surface area contributed by atoms with Gasteiger partial charge in [-0.3, -0.25) is 0 Å². The summed E-state index contributed by atoms with van der Waals surface area (Å²) in [7, 11) is 1.98. The van der Waals surface area contributed by atoms with E-state index in [1.807, 2.05) is 20.0 Å². The molecule has 0 aliphatic heterocycles. The van der Waals surface area contributed by atoms with Gasteiger partial charge in [0.25, 0.3) is 0 Å². The summed E-state index contributed by atoms with van der Waals surface area (Å²) in [6.45, 7) is 6.32. The average molecular weight is 243 g/mol. The lowest BCUT2D eigenvalue weighted by atomic mass is 9.95. The van der Waals surface area contributed by atoms with Gasteiger partial charge in [0.1, 0.15) is 11.5 Å². The molecule has 0 radical (unpaired) electrons. The summed E-state index contributed by atoms with van der Waals surface area (Å²) >= 11 is 0. The number of aryl methyl sites for hydroxylation is 3. The maximum absolute atomic E-state index is 5.73. The quantitative estimate of drug-likeness (QED) is 0.885. The molecular weight excluding hydrogens is 222 g/mol. The van der Waals surface area contributed by atoms with Crippen molar-refractivity contribution in [2.24, 2.45) is 0 Å². The fraction of sp³-hybridized carbons (Fsp3) is 0.375. The molecule has 1 aromatic carbocycles. The molecular formula is C16H21NO. The molecule has 0 saturated heterocycles. The van der Waals surface area contributed by atoms with E-state index in [9.17, 15) is 0 Å². The number of hydrogen-bond acceptors (Lipinski definition) is 2. The van der Waals surface area contributed by atoms with Crippen molar-refractivity contribution in [3.8, 4) is 0 Å². The summed E-state index contributed by atoms with van der Waals surface area (Å²) in [5.41, 5.74) is 4.10. The number of hydrogen-bond donors (Lipinski definition) is 1. The second-order valence-corrected chi connectivity index (χ2v) is 4.86. The van der Waals surface area contributed by atoms with Crippen LogP contribution in [-0.4, -0.2) is 7.05 Å². The SMILES string of the molecule is CNC(Cc1c(C)cccc1C)c1ccc(C)o1.